The molecule has 1 aromatic carbocycles. The Labute approximate surface area is 222 Å². The summed E-state index contributed by atoms with van der Waals surface area (Å²) >= 11 is 13.9. The number of hydrogen-bond acceptors (Lipinski definition) is 8. The summed E-state index contributed by atoms with van der Waals surface area (Å²) in [6.45, 7) is 4.72. The van der Waals surface area contributed by atoms with Gasteiger partial charge in [0.05, 0.1) is 20.6 Å². The summed E-state index contributed by atoms with van der Waals surface area (Å²) in [6, 6.07) is 4.89. The van der Waals surface area contributed by atoms with Gasteiger partial charge in [0.15, 0.2) is 6.29 Å². The predicted molar refractivity (Wildman–Crippen MR) is 143 cm³/mol. The van der Waals surface area contributed by atoms with Crippen LogP contribution in [0.3, 0.4) is 0 Å². The van der Waals surface area contributed by atoms with Crippen LogP contribution in [0.2, 0.25) is 10.0 Å². The third-order valence-electron chi connectivity index (χ3n) is 5.57. The second kappa shape index (κ2) is 12.9. The van der Waals surface area contributed by atoms with Crippen molar-refractivity contribution in [3.63, 3.8) is 0 Å². The molecule has 0 radical (unpaired) electrons. The molecule has 1 saturated heterocycles. The molecular weight excluding hydrogens is 531 g/mol. The first-order chi connectivity index (χ1) is 17.2. The smallest absolute Gasteiger partial charge is 0.250 e. The number of benzene rings is 1. The fourth-order valence-electron chi connectivity index (χ4n) is 3.68. The second-order valence-corrected chi connectivity index (χ2v) is 10.2. The van der Waals surface area contributed by atoms with Gasteiger partial charge in [-0.25, -0.2) is 18.7 Å². The molecule has 12 heteroatoms. The van der Waals surface area contributed by atoms with Crippen molar-refractivity contribution in [3.05, 3.63) is 33.1 Å². The maximum Gasteiger partial charge on any atom is 0.250 e. The fraction of sp³-hybridized carbons (Fsp3) is 0.458. The minimum absolute atomic E-state index is 0.0529. The fourth-order valence-corrected chi connectivity index (χ4v) is 5.06. The Kier molecular flexibility index (Phi) is 10.2. The van der Waals surface area contributed by atoms with E-state index in [1.54, 1.807) is 18.2 Å². The molecule has 1 aliphatic heterocycles. The standard InChI is InChI=1S/C20H18Cl2F2N4O2S.C4H11N/c21-14-9-15(22)16(30-6-5-28-3-1-20(23,24)2-4-28)8-12(14)17-13-7-11(10-29)31-18(13)27-19(25)26-17;1-3-4-5-2/h7-10H,1-6H2,(H2,25,26,27);5H,3-4H2,1-2H3. The van der Waals surface area contributed by atoms with Crippen LogP contribution < -0.4 is 15.8 Å². The zero-order valence-electron chi connectivity index (χ0n) is 20.1. The number of likely N-dealkylation sites (tertiary alicyclic amines) is 1. The number of carbonyl (C=O) groups excluding carboxylic acids is 1. The van der Waals surface area contributed by atoms with Crippen LogP contribution >= 0.6 is 34.5 Å². The van der Waals surface area contributed by atoms with E-state index in [1.165, 1.54) is 17.8 Å². The van der Waals surface area contributed by atoms with E-state index in [0.717, 1.165) is 12.8 Å². The van der Waals surface area contributed by atoms with E-state index in [2.05, 4.69) is 22.2 Å². The number of ether oxygens (including phenoxy) is 1. The molecule has 0 unspecified atom stereocenters. The van der Waals surface area contributed by atoms with Crippen LogP contribution in [0.25, 0.3) is 21.5 Å². The first kappa shape index (κ1) is 28.5. The normalized spacial score (nSPS) is 15.4. The highest BCUT2D eigenvalue weighted by molar-refractivity contribution is 7.20. The van der Waals surface area contributed by atoms with Crippen LogP contribution in [0.1, 0.15) is 35.9 Å². The molecule has 3 N–H and O–H groups in total. The third-order valence-corrected chi connectivity index (χ3v) is 7.14. The second-order valence-electron chi connectivity index (χ2n) is 8.33. The van der Waals surface area contributed by atoms with Gasteiger partial charge in [-0.05, 0) is 38.2 Å². The Hall–Kier alpha value is -2.11. The molecule has 36 heavy (non-hydrogen) atoms. The van der Waals surface area contributed by atoms with E-state index in [9.17, 15) is 13.6 Å². The molecule has 0 bridgehead atoms. The summed E-state index contributed by atoms with van der Waals surface area (Å²) in [6.07, 6.45) is 1.68. The number of aldehydes is 1. The Morgan fingerprint density at radius 2 is 1.94 bits per heavy atom. The third kappa shape index (κ3) is 7.45. The zero-order valence-corrected chi connectivity index (χ0v) is 22.5. The minimum Gasteiger partial charge on any atom is -0.491 e. The number of hydrogen-bond donors (Lipinski definition) is 2. The highest BCUT2D eigenvalue weighted by atomic mass is 35.5. The lowest BCUT2D eigenvalue weighted by atomic mass is 10.1. The van der Waals surface area contributed by atoms with Gasteiger partial charge in [0.1, 0.15) is 17.2 Å². The van der Waals surface area contributed by atoms with Crippen molar-refractivity contribution < 1.29 is 18.3 Å². The number of nitrogens with zero attached hydrogens (tertiary/aromatic N) is 3. The molecule has 0 amide bonds. The van der Waals surface area contributed by atoms with Gasteiger partial charge >= 0.3 is 0 Å². The lowest BCUT2D eigenvalue weighted by Gasteiger charge is -2.31. The highest BCUT2D eigenvalue weighted by Gasteiger charge is 2.33. The molecule has 0 aliphatic carbocycles. The monoisotopic (exact) mass is 559 g/mol. The average Bonchev–Trinajstić information content (AvgIpc) is 3.25. The summed E-state index contributed by atoms with van der Waals surface area (Å²) < 4.78 is 32.4. The van der Waals surface area contributed by atoms with Crippen LogP contribution in [0.4, 0.5) is 14.7 Å². The van der Waals surface area contributed by atoms with E-state index in [0.29, 0.717) is 61.8 Å². The summed E-state index contributed by atoms with van der Waals surface area (Å²) in [5.74, 6) is -2.14. The number of nitrogens with one attached hydrogen (secondary N) is 1. The number of carbonyl (C=O) groups is 1. The number of halogens is 4. The molecular formula is C24H29Cl2F2N5O2S. The Balaban J connectivity index is 0.000000658. The predicted octanol–water partition coefficient (Wildman–Crippen LogP) is 5.79. The van der Waals surface area contributed by atoms with E-state index < -0.39 is 5.92 Å². The van der Waals surface area contributed by atoms with Gasteiger partial charge < -0.3 is 15.8 Å². The van der Waals surface area contributed by atoms with Gasteiger partial charge in [-0.2, -0.15) is 0 Å². The van der Waals surface area contributed by atoms with E-state index in [1.807, 2.05) is 11.9 Å². The lowest BCUT2D eigenvalue weighted by molar-refractivity contribution is -0.0564. The van der Waals surface area contributed by atoms with Crippen molar-refractivity contribution in [2.45, 2.75) is 32.1 Å². The SMILES string of the molecule is CCCNC.Nc1nc(-c2cc(OCCN3CCC(F)(F)CC3)c(Cl)cc2Cl)c2cc(C=O)sc2n1. The molecule has 2 aromatic heterocycles. The molecule has 1 aliphatic rings. The summed E-state index contributed by atoms with van der Waals surface area (Å²) in [4.78, 5) is 22.7. The van der Waals surface area contributed by atoms with Gasteiger partial charge in [-0.15, -0.1) is 11.3 Å². The largest absolute Gasteiger partial charge is 0.491 e. The zero-order chi connectivity index (χ0) is 26.3. The Morgan fingerprint density at radius 3 is 2.56 bits per heavy atom. The maximum absolute atomic E-state index is 13.3. The number of nitrogens with two attached hydrogens (primary N) is 1. The number of thiophene rings is 1. The first-order valence-electron chi connectivity index (χ1n) is 11.6. The van der Waals surface area contributed by atoms with Crippen molar-refractivity contribution in [1.82, 2.24) is 20.2 Å². The molecule has 7 nitrogen and oxygen atoms in total. The average molecular weight is 560 g/mol. The molecule has 0 atom stereocenters. The molecule has 1 fully saturated rings. The van der Waals surface area contributed by atoms with E-state index in [-0.39, 0.29) is 25.4 Å². The maximum atomic E-state index is 13.3. The Morgan fingerprint density at radius 1 is 1.22 bits per heavy atom. The number of nitrogen functional groups attached to an aromatic ring is 1. The van der Waals surface area contributed by atoms with Gasteiger partial charge in [-0.1, -0.05) is 30.1 Å². The van der Waals surface area contributed by atoms with E-state index in [4.69, 9.17) is 33.7 Å². The van der Waals surface area contributed by atoms with Crippen molar-refractivity contribution >= 4 is 57.0 Å². The molecule has 3 heterocycles. The van der Waals surface area contributed by atoms with Crippen LogP contribution in [-0.4, -0.2) is 66.9 Å². The lowest BCUT2D eigenvalue weighted by Crippen LogP contribution is -2.41. The van der Waals surface area contributed by atoms with Gasteiger partial charge in [-0.3, -0.25) is 9.69 Å². The van der Waals surface area contributed by atoms with Crippen LogP contribution in [0.15, 0.2) is 18.2 Å². The number of anilines is 1. The molecule has 196 valence electrons. The number of aromatic nitrogens is 2. The summed E-state index contributed by atoms with van der Waals surface area (Å²) in [5, 5.41) is 4.32. The first-order valence-corrected chi connectivity index (χ1v) is 13.1. The number of alkyl halides is 2. The molecule has 0 saturated carbocycles. The Bertz CT molecular complexity index is 1180. The van der Waals surface area contributed by atoms with Gasteiger partial charge in [0, 0.05) is 43.4 Å². The summed E-state index contributed by atoms with van der Waals surface area (Å²) in [7, 11) is 1.96. The highest BCUT2D eigenvalue weighted by Crippen LogP contribution is 2.40. The van der Waals surface area contributed by atoms with Gasteiger partial charge in [0.25, 0.3) is 5.92 Å². The van der Waals surface area contributed by atoms with Crippen molar-refractivity contribution in [2.75, 3.05) is 45.6 Å². The van der Waals surface area contributed by atoms with Crippen LogP contribution in [0.5, 0.6) is 5.75 Å². The molecule has 4 rings (SSSR count). The quantitative estimate of drug-likeness (QED) is 0.337. The van der Waals surface area contributed by atoms with Crippen LogP contribution in [-0.2, 0) is 0 Å². The summed E-state index contributed by atoms with van der Waals surface area (Å²) in [5.41, 5.74) is 6.85. The molecule has 0 spiro atoms. The number of rotatable bonds is 8. The van der Waals surface area contributed by atoms with E-state index >= 15 is 0 Å². The van der Waals surface area contributed by atoms with Crippen LogP contribution in [0, 0.1) is 0 Å². The number of fused-ring (bicyclic) bond motifs is 1. The van der Waals surface area contributed by atoms with Crippen molar-refractivity contribution in [2.24, 2.45) is 0 Å². The molecule has 3 aromatic rings. The minimum atomic E-state index is -2.58. The number of piperidine rings is 1. The van der Waals surface area contributed by atoms with Crippen molar-refractivity contribution in [1.29, 1.82) is 0 Å². The van der Waals surface area contributed by atoms with Crippen molar-refractivity contribution in [3.8, 4) is 17.0 Å². The topological polar surface area (TPSA) is 93.4 Å². The van der Waals surface area contributed by atoms with Gasteiger partial charge in [0.2, 0.25) is 5.95 Å².